The van der Waals surface area contributed by atoms with Gasteiger partial charge >= 0.3 is 0 Å². The standard InChI is InChI=1S/C19H23N3O3/c1-2-24-16-8-5-14(6-9-16)22-15-7-10-18(20-12-15)19(23)21-13-17-4-3-11-25-17/h5-10,12,17,22H,2-4,11,13H2,1H3,(H,21,23). The molecule has 1 aliphatic heterocycles. The lowest BCUT2D eigenvalue weighted by molar-refractivity contribution is 0.0854. The predicted molar refractivity (Wildman–Crippen MR) is 96.4 cm³/mol. The molecule has 6 heteroatoms. The van der Waals surface area contributed by atoms with Gasteiger partial charge in [-0.1, -0.05) is 0 Å². The number of hydrogen-bond acceptors (Lipinski definition) is 5. The van der Waals surface area contributed by atoms with Gasteiger partial charge in [0.2, 0.25) is 0 Å². The molecule has 1 amide bonds. The highest BCUT2D eigenvalue weighted by molar-refractivity contribution is 5.92. The fourth-order valence-electron chi connectivity index (χ4n) is 2.67. The summed E-state index contributed by atoms with van der Waals surface area (Å²) in [5, 5.41) is 6.11. The first-order valence-electron chi connectivity index (χ1n) is 8.60. The summed E-state index contributed by atoms with van der Waals surface area (Å²) in [6.45, 7) is 3.92. The first kappa shape index (κ1) is 17.2. The molecule has 1 aromatic carbocycles. The number of aromatic nitrogens is 1. The van der Waals surface area contributed by atoms with Crippen LogP contribution in [0.15, 0.2) is 42.6 Å². The van der Waals surface area contributed by atoms with Gasteiger partial charge in [0.1, 0.15) is 11.4 Å². The lowest BCUT2D eigenvalue weighted by Gasteiger charge is -2.11. The molecule has 0 aliphatic carbocycles. The number of ether oxygens (including phenoxy) is 2. The minimum absolute atomic E-state index is 0.129. The minimum atomic E-state index is -0.178. The topological polar surface area (TPSA) is 72.5 Å². The molecule has 1 unspecified atom stereocenters. The van der Waals surface area contributed by atoms with Gasteiger partial charge in [0.25, 0.3) is 5.91 Å². The molecule has 3 rings (SSSR count). The van der Waals surface area contributed by atoms with Gasteiger partial charge in [0.05, 0.1) is 24.6 Å². The molecule has 0 bridgehead atoms. The maximum Gasteiger partial charge on any atom is 0.269 e. The molecule has 6 nitrogen and oxygen atoms in total. The number of nitrogens with zero attached hydrogens (tertiary/aromatic N) is 1. The number of anilines is 2. The molecule has 0 saturated carbocycles. The molecule has 2 N–H and O–H groups in total. The first-order valence-corrected chi connectivity index (χ1v) is 8.60. The third kappa shape index (κ3) is 4.93. The van der Waals surface area contributed by atoms with Gasteiger partial charge < -0.3 is 20.1 Å². The molecule has 1 atom stereocenters. The van der Waals surface area contributed by atoms with E-state index in [-0.39, 0.29) is 12.0 Å². The molecule has 132 valence electrons. The Morgan fingerprint density at radius 1 is 1.24 bits per heavy atom. The molecule has 1 saturated heterocycles. The van der Waals surface area contributed by atoms with Crippen LogP contribution in [0.5, 0.6) is 5.75 Å². The minimum Gasteiger partial charge on any atom is -0.494 e. The molecule has 2 heterocycles. The fraction of sp³-hybridized carbons (Fsp3) is 0.368. The van der Waals surface area contributed by atoms with Crippen LogP contribution in [0.4, 0.5) is 11.4 Å². The van der Waals surface area contributed by atoms with Crippen molar-refractivity contribution in [1.29, 1.82) is 0 Å². The molecule has 1 fully saturated rings. The van der Waals surface area contributed by atoms with Gasteiger partial charge in [-0.25, -0.2) is 4.98 Å². The lowest BCUT2D eigenvalue weighted by atomic mass is 10.2. The summed E-state index contributed by atoms with van der Waals surface area (Å²) in [5.74, 6) is 0.660. The fourth-order valence-corrected chi connectivity index (χ4v) is 2.67. The van der Waals surface area contributed by atoms with Crippen molar-refractivity contribution < 1.29 is 14.3 Å². The highest BCUT2D eigenvalue weighted by Gasteiger charge is 2.17. The van der Waals surface area contributed by atoms with E-state index in [2.05, 4.69) is 15.6 Å². The van der Waals surface area contributed by atoms with E-state index in [0.717, 1.165) is 36.6 Å². The van der Waals surface area contributed by atoms with Crippen molar-refractivity contribution in [3.05, 3.63) is 48.3 Å². The lowest BCUT2D eigenvalue weighted by Crippen LogP contribution is -2.32. The second kappa shape index (κ2) is 8.48. The SMILES string of the molecule is CCOc1ccc(Nc2ccc(C(=O)NCC3CCCO3)nc2)cc1. The Hall–Kier alpha value is -2.60. The van der Waals surface area contributed by atoms with E-state index >= 15 is 0 Å². The zero-order chi connectivity index (χ0) is 17.5. The van der Waals surface area contributed by atoms with Crippen LogP contribution >= 0.6 is 0 Å². The number of rotatable bonds is 7. The normalized spacial score (nSPS) is 16.4. The van der Waals surface area contributed by atoms with Crippen molar-refractivity contribution in [2.75, 3.05) is 25.1 Å². The van der Waals surface area contributed by atoms with E-state index < -0.39 is 0 Å². The van der Waals surface area contributed by atoms with Crippen molar-refractivity contribution in [2.24, 2.45) is 0 Å². The molecule has 1 aliphatic rings. The number of benzene rings is 1. The Bertz CT molecular complexity index is 680. The quantitative estimate of drug-likeness (QED) is 0.809. The van der Waals surface area contributed by atoms with E-state index in [1.807, 2.05) is 37.3 Å². The Balaban J connectivity index is 1.53. The van der Waals surface area contributed by atoms with Crippen molar-refractivity contribution in [2.45, 2.75) is 25.9 Å². The van der Waals surface area contributed by atoms with Crippen LogP contribution in [0.2, 0.25) is 0 Å². The maximum atomic E-state index is 12.1. The van der Waals surface area contributed by atoms with E-state index in [0.29, 0.717) is 18.8 Å². The number of carbonyl (C=O) groups is 1. The Labute approximate surface area is 147 Å². The molecular weight excluding hydrogens is 318 g/mol. The summed E-state index contributed by atoms with van der Waals surface area (Å²) in [5.41, 5.74) is 2.15. The third-order valence-electron chi connectivity index (χ3n) is 3.96. The smallest absolute Gasteiger partial charge is 0.269 e. The molecular formula is C19H23N3O3. The number of amides is 1. The van der Waals surface area contributed by atoms with Crippen molar-refractivity contribution >= 4 is 17.3 Å². The third-order valence-corrected chi connectivity index (χ3v) is 3.96. The van der Waals surface area contributed by atoms with Crippen LogP contribution < -0.4 is 15.4 Å². The monoisotopic (exact) mass is 341 g/mol. The second-order valence-corrected chi connectivity index (χ2v) is 5.86. The Kier molecular flexibility index (Phi) is 5.85. The summed E-state index contributed by atoms with van der Waals surface area (Å²) in [7, 11) is 0. The summed E-state index contributed by atoms with van der Waals surface area (Å²) >= 11 is 0. The molecule has 0 spiro atoms. The largest absolute Gasteiger partial charge is 0.494 e. The molecule has 2 aromatic rings. The summed E-state index contributed by atoms with van der Waals surface area (Å²) in [6, 6.07) is 11.2. The second-order valence-electron chi connectivity index (χ2n) is 5.86. The van der Waals surface area contributed by atoms with Gasteiger partial charge in [-0.2, -0.15) is 0 Å². The summed E-state index contributed by atoms with van der Waals surface area (Å²) < 4.78 is 10.9. The van der Waals surface area contributed by atoms with E-state index in [4.69, 9.17) is 9.47 Å². The Morgan fingerprint density at radius 3 is 2.68 bits per heavy atom. The Morgan fingerprint density at radius 2 is 2.04 bits per heavy atom. The molecule has 0 radical (unpaired) electrons. The summed E-state index contributed by atoms with van der Waals surface area (Å²) in [6.07, 6.45) is 3.84. The zero-order valence-corrected chi connectivity index (χ0v) is 14.3. The number of nitrogens with one attached hydrogen (secondary N) is 2. The van der Waals surface area contributed by atoms with Gasteiger partial charge in [-0.15, -0.1) is 0 Å². The molecule has 25 heavy (non-hydrogen) atoms. The number of carbonyl (C=O) groups excluding carboxylic acids is 1. The van der Waals surface area contributed by atoms with Crippen LogP contribution in [0, 0.1) is 0 Å². The molecule has 1 aromatic heterocycles. The average Bonchev–Trinajstić information content (AvgIpc) is 3.16. The summed E-state index contributed by atoms with van der Waals surface area (Å²) in [4.78, 5) is 16.3. The van der Waals surface area contributed by atoms with E-state index in [1.54, 1.807) is 12.3 Å². The van der Waals surface area contributed by atoms with Crippen molar-refractivity contribution in [1.82, 2.24) is 10.3 Å². The van der Waals surface area contributed by atoms with Crippen LogP contribution in [-0.4, -0.2) is 36.8 Å². The van der Waals surface area contributed by atoms with Crippen LogP contribution in [0.3, 0.4) is 0 Å². The van der Waals surface area contributed by atoms with Gasteiger partial charge in [0.15, 0.2) is 0 Å². The van der Waals surface area contributed by atoms with E-state index in [1.165, 1.54) is 0 Å². The highest BCUT2D eigenvalue weighted by atomic mass is 16.5. The average molecular weight is 341 g/mol. The predicted octanol–water partition coefficient (Wildman–Crippen LogP) is 3.13. The van der Waals surface area contributed by atoms with Crippen LogP contribution in [0.1, 0.15) is 30.3 Å². The van der Waals surface area contributed by atoms with E-state index in [9.17, 15) is 4.79 Å². The number of pyridine rings is 1. The zero-order valence-electron chi connectivity index (χ0n) is 14.3. The van der Waals surface area contributed by atoms with Gasteiger partial charge in [0, 0.05) is 18.8 Å². The van der Waals surface area contributed by atoms with Crippen LogP contribution in [-0.2, 0) is 4.74 Å². The van der Waals surface area contributed by atoms with Crippen molar-refractivity contribution in [3.8, 4) is 5.75 Å². The van der Waals surface area contributed by atoms with Gasteiger partial charge in [-0.3, -0.25) is 4.79 Å². The first-order chi connectivity index (χ1) is 12.2. The maximum absolute atomic E-state index is 12.1. The number of hydrogen-bond donors (Lipinski definition) is 2. The van der Waals surface area contributed by atoms with Gasteiger partial charge in [-0.05, 0) is 56.2 Å². The van der Waals surface area contributed by atoms with Crippen LogP contribution in [0.25, 0.3) is 0 Å². The highest BCUT2D eigenvalue weighted by Crippen LogP contribution is 2.19. The van der Waals surface area contributed by atoms with Crippen molar-refractivity contribution in [3.63, 3.8) is 0 Å².